The van der Waals surface area contributed by atoms with Crippen LogP contribution >= 0.6 is 15.9 Å². The number of ether oxygens (including phenoxy) is 1. The molecule has 0 N–H and O–H groups in total. The number of nitrogens with zero attached hydrogens (tertiary/aromatic N) is 1. The Balaban J connectivity index is 3.32. The van der Waals surface area contributed by atoms with Gasteiger partial charge in [-0.15, -0.1) is 0 Å². The molecule has 0 radical (unpaired) electrons. The van der Waals surface area contributed by atoms with Gasteiger partial charge in [-0.3, -0.25) is 4.79 Å². The van der Waals surface area contributed by atoms with Gasteiger partial charge in [-0.2, -0.15) is 18.4 Å². The summed E-state index contributed by atoms with van der Waals surface area (Å²) in [5.41, 5.74) is -0.944. The van der Waals surface area contributed by atoms with Crippen LogP contribution in [0.25, 0.3) is 0 Å². The van der Waals surface area contributed by atoms with Gasteiger partial charge >= 0.3 is 12.1 Å². The Hall–Kier alpha value is -1.55. The minimum absolute atomic E-state index is 0.000255. The Kier molecular flexibility index (Phi) is 4.35. The van der Waals surface area contributed by atoms with Crippen LogP contribution in [0.4, 0.5) is 13.2 Å². The molecule has 0 spiro atoms. The molecular weight excluding hydrogens is 315 g/mol. The lowest BCUT2D eigenvalue weighted by Crippen LogP contribution is -2.11. The predicted molar refractivity (Wildman–Crippen MR) is 59.6 cm³/mol. The standard InChI is InChI=1S/C11H7BrF3NO2/c1-18-10(17)4-6-2-8(11(13,14)15)9(12)3-7(6)5-16/h2-3H,4H2,1H3. The molecular formula is C11H7BrF3NO2. The summed E-state index contributed by atoms with van der Waals surface area (Å²) < 4.78 is 42.1. The number of benzene rings is 1. The van der Waals surface area contributed by atoms with Crippen LogP contribution in [0.15, 0.2) is 16.6 Å². The quantitative estimate of drug-likeness (QED) is 0.787. The van der Waals surface area contributed by atoms with Gasteiger partial charge in [0.05, 0.1) is 30.7 Å². The van der Waals surface area contributed by atoms with Crippen molar-refractivity contribution in [3.8, 4) is 6.07 Å². The summed E-state index contributed by atoms with van der Waals surface area (Å²) in [5, 5.41) is 8.82. The first-order valence-electron chi connectivity index (χ1n) is 4.66. The van der Waals surface area contributed by atoms with Crippen LogP contribution < -0.4 is 0 Å². The van der Waals surface area contributed by atoms with Crippen molar-refractivity contribution in [1.29, 1.82) is 5.26 Å². The number of nitriles is 1. The molecule has 0 saturated heterocycles. The van der Waals surface area contributed by atoms with E-state index in [0.717, 1.165) is 19.2 Å². The second-order valence-electron chi connectivity index (χ2n) is 3.35. The summed E-state index contributed by atoms with van der Waals surface area (Å²) >= 11 is 2.75. The topological polar surface area (TPSA) is 50.1 Å². The van der Waals surface area contributed by atoms with Gasteiger partial charge in [-0.25, -0.2) is 0 Å². The summed E-state index contributed by atoms with van der Waals surface area (Å²) in [5.74, 6) is -0.707. The molecule has 0 saturated carbocycles. The molecule has 0 aliphatic rings. The molecule has 3 nitrogen and oxygen atoms in total. The largest absolute Gasteiger partial charge is 0.469 e. The molecule has 0 atom stereocenters. The summed E-state index contributed by atoms with van der Waals surface area (Å²) in [6.45, 7) is 0. The van der Waals surface area contributed by atoms with Crippen molar-refractivity contribution in [2.45, 2.75) is 12.6 Å². The number of carbonyl (C=O) groups excluding carboxylic acids is 1. The van der Waals surface area contributed by atoms with Crippen LogP contribution in [0.2, 0.25) is 0 Å². The second-order valence-corrected chi connectivity index (χ2v) is 4.21. The number of hydrogen-bond acceptors (Lipinski definition) is 3. The lowest BCUT2D eigenvalue weighted by molar-refractivity contribution is -0.140. The molecule has 0 heterocycles. The first-order chi connectivity index (χ1) is 8.29. The lowest BCUT2D eigenvalue weighted by Gasteiger charge is -2.12. The zero-order chi connectivity index (χ0) is 13.9. The maximum atomic E-state index is 12.7. The Morgan fingerprint density at radius 1 is 1.50 bits per heavy atom. The van der Waals surface area contributed by atoms with Gasteiger partial charge in [0.25, 0.3) is 0 Å². The molecule has 18 heavy (non-hydrogen) atoms. The summed E-state index contributed by atoms with van der Waals surface area (Å²) in [4.78, 5) is 11.1. The molecule has 0 aliphatic carbocycles. The van der Waals surface area contributed by atoms with Crippen molar-refractivity contribution in [3.05, 3.63) is 33.3 Å². The third kappa shape index (κ3) is 3.23. The smallest absolute Gasteiger partial charge is 0.417 e. The van der Waals surface area contributed by atoms with E-state index in [1.54, 1.807) is 6.07 Å². The summed E-state index contributed by atoms with van der Waals surface area (Å²) in [7, 11) is 1.12. The summed E-state index contributed by atoms with van der Waals surface area (Å²) in [6.07, 6.45) is -4.94. The van der Waals surface area contributed by atoms with E-state index in [1.165, 1.54) is 0 Å². The first-order valence-corrected chi connectivity index (χ1v) is 5.45. The highest BCUT2D eigenvalue weighted by Gasteiger charge is 2.34. The highest BCUT2D eigenvalue weighted by Crippen LogP contribution is 2.36. The minimum atomic E-state index is -4.56. The Morgan fingerprint density at radius 2 is 2.11 bits per heavy atom. The van der Waals surface area contributed by atoms with E-state index in [-0.39, 0.29) is 22.0 Å². The second kappa shape index (κ2) is 5.40. The van der Waals surface area contributed by atoms with Crippen molar-refractivity contribution in [2.75, 3.05) is 7.11 Å². The van der Waals surface area contributed by atoms with Crippen LogP contribution in [0.1, 0.15) is 16.7 Å². The third-order valence-electron chi connectivity index (χ3n) is 2.18. The van der Waals surface area contributed by atoms with Gasteiger partial charge in [0.15, 0.2) is 0 Å². The lowest BCUT2D eigenvalue weighted by atomic mass is 10.0. The van der Waals surface area contributed by atoms with Crippen molar-refractivity contribution < 1.29 is 22.7 Å². The zero-order valence-electron chi connectivity index (χ0n) is 9.14. The average molecular weight is 322 g/mol. The SMILES string of the molecule is COC(=O)Cc1cc(C(F)(F)F)c(Br)cc1C#N. The van der Waals surface area contributed by atoms with Gasteiger partial charge in [0, 0.05) is 4.47 Å². The number of alkyl halides is 3. The highest BCUT2D eigenvalue weighted by molar-refractivity contribution is 9.10. The molecule has 96 valence electrons. The van der Waals surface area contributed by atoms with E-state index in [2.05, 4.69) is 20.7 Å². The molecule has 1 aromatic carbocycles. The molecule has 0 aliphatic heterocycles. The number of rotatable bonds is 2. The molecule has 0 bridgehead atoms. The number of esters is 1. The van der Waals surface area contributed by atoms with Crippen molar-refractivity contribution in [2.24, 2.45) is 0 Å². The van der Waals surface area contributed by atoms with E-state index < -0.39 is 17.7 Å². The van der Waals surface area contributed by atoms with E-state index in [4.69, 9.17) is 5.26 Å². The van der Waals surface area contributed by atoms with Crippen LogP contribution in [0.3, 0.4) is 0 Å². The minimum Gasteiger partial charge on any atom is -0.469 e. The van der Waals surface area contributed by atoms with Gasteiger partial charge in [0.1, 0.15) is 0 Å². The number of carbonyl (C=O) groups is 1. The van der Waals surface area contributed by atoms with Gasteiger partial charge < -0.3 is 4.74 Å². The van der Waals surface area contributed by atoms with Crippen molar-refractivity contribution >= 4 is 21.9 Å². The fourth-order valence-corrected chi connectivity index (χ4v) is 1.88. The highest BCUT2D eigenvalue weighted by atomic mass is 79.9. The number of methoxy groups -OCH3 is 1. The van der Waals surface area contributed by atoms with E-state index in [9.17, 15) is 18.0 Å². The molecule has 7 heteroatoms. The van der Waals surface area contributed by atoms with Gasteiger partial charge in [0.2, 0.25) is 0 Å². The maximum absolute atomic E-state index is 12.7. The average Bonchev–Trinajstić information content (AvgIpc) is 2.29. The van der Waals surface area contributed by atoms with Crippen molar-refractivity contribution in [1.82, 2.24) is 0 Å². The van der Waals surface area contributed by atoms with Crippen LogP contribution in [0, 0.1) is 11.3 Å². The normalized spacial score (nSPS) is 10.9. The van der Waals surface area contributed by atoms with Crippen LogP contribution in [0.5, 0.6) is 0 Å². The maximum Gasteiger partial charge on any atom is 0.417 e. The van der Waals surface area contributed by atoms with Gasteiger partial charge in [-0.05, 0) is 17.7 Å². The molecule has 0 fully saturated rings. The monoisotopic (exact) mass is 321 g/mol. The van der Waals surface area contributed by atoms with E-state index in [1.807, 2.05) is 0 Å². The Labute approximate surface area is 109 Å². The fraction of sp³-hybridized carbons (Fsp3) is 0.273. The fourth-order valence-electron chi connectivity index (χ4n) is 1.31. The first kappa shape index (κ1) is 14.5. The molecule has 1 rings (SSSR count). The van der Waals surface area contributed by atoms with Gasteiger partial charge in [-0.1, -0.05) is 15.9 Å². The number of halogens is 4. The van der Waals surface area contributed by atoms with E-state index >= 15 is 0 Å². The Bertz CT molecular complexity index is 520. The number of hydrogen-bond donors (Lipinski definition) is 0. The third-order valence-corrected chi connectivity index (χ3v) is 2.84. The molecule has 1 aromatic rings. The van der Waals surface area contributed by atoms with Crippen LogP contribution in [-0.4, -0.2) is 13.1 Å². The zero-order valence-corrected chi connectivity index (χ0v) is 10.7. The Morgan fingerprint density at radius 3 is 2.56 bits per heavy atom. The molecule has 0 amide bonds. The molecule has 0 aromatic heterocycles. The summed E-state index contributed by atoms with van der Waals surface area (Å²) in [6, 6.07) is 3.56. The predicted octanol–water partition coefficient (Wildman–Crippen LogP) is 3.06. The molecule has 0 unspecified atom stereocenters. The van der Waals surface area contributed by atoms with E-state index in [0.29, 0.717) is 0 Å². The van der Waals surface area contributed by atoms with Crippen molar-refractivity contribution in [3.63, 3.8) is 0 Å². The van der Waals surface area contributed by atoms with Crippen LogP contribution in [-0.2, 0) is 22.1 Å².